The number of piperidine rings is 1. The highest BCUT2D eigenvalue weighted by Gasteiger charge is 2.19. The molecule has 0 amide bonds. The molecule has 2 rings (SSSR count). The first-order chi connectivity index (χ1) is 8.66. The van der Waals surface area contributed by atoms with Gasteiger partial charge in [0.15, 0.2) is 0 Å². The summed E-state index contributed by atoms with van der Waals surface area (Å²) in [4.78, 5) is 2.47. The first kappa shape index (κ1) is 13.9. The molecule has 0 spiro atoms. The Bertz CT molecular complexity index is 381. The van der Waals surface area contributed by atoms with Crippen molar-refractivity contribution in [2.45, 2.75) is 38.3 Å². The third kappa shape index (κ3) is 3.71. The average Bonchev–Trinajstić information content (AvgIpc) is 2.37. The van der Waals surface area contributed by atoms with Crippen LogP contribution in [0.2, 0.25) is 5.02 Å². The van der Waals surface area contributed by atoms with Crippen molar-refractivity contribution in [3.05, 3.63) is 34.9 Å². The Morgan fingerprint density at radius 2 is 2.28 bits per heavy atom. The van der Waals surface area contributed by atoms with E-state index in [1.54, 1.807) is 0 Å². The monoisotopic (exact) mass is 266 g/mol. The summed E-state index contributed by atoms with van der Waals surface area (Å²) in [5.41, 5.74) is 1.26. The Balaban J connectivity index is 1.86. The van der Waals surface area contributed by atoms with Crippen LogP contribution in [0.15, 0.2) is 24.3 Å². The largest absolute Gasteiger partial charge is 0.309 e. The summed E-state index contributed by atoms with van der Waals surface area (Å²) in [7, 11) is 2.23. The second-order valence-electron chi connectivity index (χ2n) is 5.32. The molecule has 0 saturated carbocycles. The van der Waals surface area contributed by atoms with Crippen LogP contribution in [0.3, 0.4) is 0 Å². The molecule has 1 N–H and O–H groups in total. The van der Waals surface area contributed by atoms with Crippen LogP contribution >= 0.6 is 11.6 Å². The van der Waals surface area contributed by atoms with Gasteiger partial charge in [-0.25, -0.2) is 0 Å². The van der Waals surface area contributed by atoms with Crippen LogP contribution in [-0.4, -0.2) is 31.1 Å². The van der Waals surface area contributed by atoms with Gasteiger partial charge in [-0.15, -0.1) is 0 Å². The molecule has 3 heteroatoms. The summed E-state index contributed by atoms with van der Waals surface area (Å²) in [6.07, 6.45) is 4.02. The zero-order valence-corrected chi connectivity index (χ0v) is 12.1. The van der Waals surface area contributed by atoms with Crippen molar-refractivity contribution in [2.75, 3.05) is 20.1 Å². The number of benzene rings is 1. The van der Waals surface area contributed by atoms with Crippen LogP contribution in [0, 0.1) is 0 Å². The van der Waals surface area contributed by atoms with E-state index in [-0.39, 0.29) is 0 Å². The highest BCUT2D eigenvalue weighted by molar-refractivity contribution is 6.30. The molecule has 1 aromatic rings. The van der Waals surface area contributed by atoms with E-state index in [9.17, 15) is 0 Å². The van der Waals surface area contributed by atoms with Gasteiger partial charge in [0.25, 0.3) is 0 Å². The van der Waals surface area contributed by atoms with Gasteiger partial charge in [0.2, 0.25) is 0 Å². The zero-order valence-electron chi connectivity index (χ0n) is 11.3. The van der Waals surface area contributed by atoms with Gasteiger partial charge >= 0.3 is 0 Å². The van der Waals surface area contributed by atoms with Crippen LogP contribution < -0.4 is 5.32 Å². The van der Waals surface area contributed by atoms with E-state index in [1.165, 1.54) is 31.4 Å². The SMILES string of the molecule is CC(NCC1CCCCN1C)c1cccc(Cl)c1. The van der Waals surface area contributed by atoms with E-state index >= 15 is 0 Å². The number of likely N-dealkylation sites (tertiary alicyclic amines) is 1. The van der Waals surface area contributed by atoms with Crippen LogP contribution in [-0.2, 0) is 0 Å². The van der Waals surface area contributed by atoms with Crippen molar-refractivity contribution in [2.24, 2.45) is 0 Å². The summed E-state index contributed by atoms with van der Waals surface area (Å²) in [5, 5.41) is 4.44. The highest BCUT2D eigenvalue weighted by Crippen LogP contribution is 2.19. The van der Waals surface area contributed by atoms with Crippen molar-refractivity contribution in [3.8, 4) is 0 Å². The molecular formula is C15H23ClN2. The number of nitrogens with one attached hydrogen (secondary N) is 1. The number of nitrogens with zero attached hydrogens (tertiary/aromatic N) is 1. The van der Waals surface area contributed by atoms with Crippen LogP contribution in [0.4, 0.5) is 0 Å². The molecule has 100 valence electrons. The first-order valence-electron chi connectivity index (χ1n) is 6.86. The summed E-state index contributed by atoms with van der Waals surface area (Å²) in [6, 6.07) is 9.16. The van der Waals surface area contributed by atoms with Gasteiger partial charge in [0.1, 0.15) is 0 Å². The predicted octanol–water partition coefficient (Wildman–Crippen LogP) is 3.47. The third-order valence-electron chi connectivity index (χ3n) is 3.93. The number of hydrogen-bond donors (Lipinski definition) is 1. The van der Waals surface area contributed by atoms with Crippen molar-refractivity contribution in [1.29, 1.82) is 0 Å². The summed E-state index contributed by atoms with van der Waals surface area (Å²) >= 11 is 6.02. The lowest BCUT2D eigenvalue weighted by atomic mass is 10.0. The molecule has 1 saturated heterocycles. The van der Waals surface area contributed by atoms with Crippen molar-refractivity contribution < 1.29 is 0 Å². The quantitative estimate of drug-likeness (QED) is 0.898. The molecule has 1 fully saturated rings. The minimum absolute atomic E-state index is 0.360. The molecule has 2 unspecified atom stereocenters. The predicted molar refractivity (Wildman–Crippen MR) is 78.1 cm³/mol. The fourth-order valence-corrected chi connectivity index (χ4v) is 2.81. The molecule has 1 aromatic carbocycles. The number of hydrogen-bond acceptors (Lipinski definition) is 2. The van der Waals surface area contributed by atoms with E-state index < -0.39 is 0 Å². The molecular weight excluding hydrogens is 244 g/mol. The lowest BCUT2D eigenvalue weighted by Crippen LogP contribution is -2.43. The second kappa shape index (κ2) is 6.55. The molecule has 1 aliphatic heterocycles. The van der Waals surface area contributed by atoms with Gasteiger partial charge in [0, 0.05) is 23.7 Å². The first-order valence-corrected chi connectivity index (χ1v) is 7.23. The van der Waals surface area contributed by atoms with Gasteiger partial charge in [-0.3, -0.25) is 0 Å². The van der Waals surface area contributed by atoms with Gasteiger partial charge in [0.05, 0.1) is 0 Å². The molecule has 0 bridgehead atoms. The Morgan fingerprint density at radius 1 is 1.44 bits per heavy atom. The lowest BCUT2D eigenvalue weighted by Gasteiger charge is -2.33. The molecule has 0 aliphatic carbocycles. The average molecular weight is 267 g/mol. The van der Waals surface area contributed by atoms with E-state index in [2.05, 4.69) is 30.3 Å². The standard InChI is InChI=1S/C15H23ClN2/c1-12(13-6-5-7-14(16)10-13)17-11-15-8-3-4-9-18(15)2/h5-7,10,12,15,17H,3-4,8-9,11H2,1-2H3. The molecule has 18 heavy (non-hydrogen) atoms. The lowest BCUT2D eigenvalue weighted by molar-refractivity contribution is 0.178. The van der Waals surface area contributed by atoms with Crippen molar-refractivity contribution in [1.82, 2.24) is 10.2 Å². The fourth-order valence-electron chi connectivity index (χ4n) is 2.61. The molecule has 2 atom stereocenters. The molecule has 0 radical (unpaired) electrons. The van der Waals surface area contributed by atoms with Crippen LogP contribution in [0.25, 0.3) is 0 Å². The Kier molecular flexibility index (Phi) is 5.04. The number of rotatable bonds is 4. The second-order valence-corrected chi connectivity index (χ2v) is 5.75. The minimum atomic E-state index is 0.360. The van der Waals surface area contributed by atoms with Gasteiger partial charge in [-0.2, -0.15) is 0 Å². The molecule has 1 aliphatic rings. The Morgan fingerprint density at radius 3 is 3.00 bits per heavy atom. The van der Waals surface area contributed by atoms with Crippen LogP contribution in [0.5, 0.6) is 0 Å². The van der Waals surface area contributed by atoms with E-state index in [0.29, 0.717) is 12.1 Å². The normalized spacial score (nSPS) is 22.9. The highest BCUT2D eigenvalue weighted by atomic mass is 35.5. The summed E-state index contributed by atoms with van der Waals surface area (Å²) in [6.45, 7) is 4.50. The maximum absolute atomic E-state index is 6.02. The summed E-state index contributed by atoms with van der Waals surface area (Å²) < 4.78 is 0. The molecule has 1 heterocycles. The van der Waals surface area contributed by atoms with E-state index in [4.69, 9.17) is 11.6 Å². The smallest absolute Gasteiger partial charge is 0.0409 e. The maximum Gasteiger partial charge on any atom is 0.0409 e. The summed E-state index contributed by atoms with van der Waals surface area (Å²) in [5.74, 6) is 0. The number of halogens is 1. The van der Waals surface area contributed by atoms with Crippen LogP contribution in [0.1, 0.15) is 37.8 Å². The molecule has 2 nitrogen and oxygen atoms in total. The molecule has 0 aromatic heterocycles. The van der Waals surface area contributed by atoms with Gasteiger partial charge < -0.3 is 10.2 Å². The Labute approximate surface area is 115 Å². The van der Waals surface area contributed by atoms with Crippen molar-refractivity contribution >= 4 is 11.6 Å². The van der Waals surface area contributed by atoms with Gasteiger partial charge in [-0.1, -0.05) is 30.2 Å². The van der Waals surface area contributed by atoms with Crippen molar-refractivity contribution in [3.63, 3.8) is 0 Å². The number of likely N-dealkylation sites (N-methyl/N-ethyl adjacent to an activating group) is 1. The van der Waals surface area contributed by atoms with E-state index in [1.807, 2.05) is 18.2 Å². The Hall–Kier alpha value is -0.570. The third-order valence-corrected chi connectivity index (χ3v) is 4.16. The maximum atomic E-state index is 6.02. The topological polar surface area (TPSA) is 15.3 Å². The van der Waals surface area contributed by atoms with Gasteiger partial charge in [-0.05, 0) is 51.1 Å². The van der Waals surface area contributed by atoms with E-state index in [0.717, 1.165) is 11.6 Å². The minimum Gasteiger partial charge on any atom is -0.309 e. The fraction of sp³-hybridized carbons (Fsp3) is 0.600. The zero-order chi connectivity index (χ0) is 13.0.